The molecule has 34 heavy (non-hydrogen) atoms. The van der Waals surface area contributed by atoms with E-state index in [1.807, 2.05) is 30.3 Å². The number of fused-ring (bicyclic) bond motifs is 1. The van der Waals surface area contributed by atoms with Crippen LogP contribution in [0, 0.1) is 0 Å². The van der Waals surface area contributed by atoms with Crippen molar-refractivity contribution in [2.75, 3.05) is 13.1 Å². The molecule has 2 aromatic rings. The average molecular weight is 460 g/mol. The molecule has 4 rings (SSSR count). The number of hydrogen-bond donors (Lipinski definition) is 2. The van der Waals surface area contributed by atoms with Gasteiger partial charge in [-0.2, -0.15) is 0 Å². The number of aliphatic hydroxyl groups excluding tert-OH is 1. The van der Waals surface area contributed by atoms with Crippen LogP contribution >= 0.6 is 0 Å². The summed E-state index contributed by atoms with van der Waals surface area (Å²) in [5.41, 5.74) is 1.98. The van der Waals surface area contributed by atoms with Gasteiger partial charge in [-0.05, 0) is 36.5 Å². The lowest BCUT2D eigenvalue weighted by Gasteiger charge is -2.26. The topological polar surface area (TPSA) is 124 Å². The molecule has 1 unspecified atom stereocenters. The number of aliphatic imine (C=N–C) groups is 1. The number of carbonyl (C=O) groups excluding carboxylic acids is 3. The lowest BCUT2D eigenvalue weighted by Crippen LogP contribution is -2.31. The molecule has 8 heteroatoms. The van der Waals surface area contributed by atoms with Gasteiger partial charge in [-0.15, -0.1) is 0 Å². The highest BCUT2D eigenvalue weighted by Crippen LogP contribution is 2.34. The summed E-state index contributed by atoms with van der Waals surface area (Å²) in [6, 6.07) is 16.0. The Bertz CT molecular complexity index is 1180. The van der Waals surface area contributed by atoms with Crippen LogP contribution in [0.4, 0.5) is 0 Å². The number of carbonyl (C=O) groups is 4. The molecule has 2 N–H and O–H groups in total. The summed E-state index contributed by atoms with van der Waals surface area (Å²) in [7, 11) is 0. The van der Waals surface area contributed by atoms with Gasteiger partial charge < -0.3 is 10.2 Å². The molecule has 0 bridgehead atoms. The number of hydrogen-bond acceptors (Lipinski definition) is 6. The van der Waals surface area contributed by atoms with E-state index in [2.05, 4.69) is 4.99 Å². The van der Waals surface area contributed by atoms with Crippen molar-refractivity contribution in [3.8, 4) is 0 Å². The van der Waals surface area contributed by atoms with Crippen molar-refractivity contribution in [2.45, 2.75) is 31.6 Å². The van der Waals surface area contributed by atoms with Crippen molar-refractivity contribution in [3.05, 3.63) is 82.6 Å². The van der Waals surface area contributed by atoms with Crippen molar-refractivity contribution in [1.29, 1.82) is 0 Å². The molecule has 8 nitrogen and oxygen atoms in total. The maximum absolute atomic E-state index is 13.0. The van der Waals surface area contributed by atoms with E-state index in [9.17, 15) is 24.3 Å². The first-order chi connectivity index (χ1) is 16.4. The second-order valence-corrected chi connectivity index (χ2v) is 8.33. The molecule has 0 aromatic heterocycles. The molecule has 0 radical (unpaired) electrons. The molecule has 2 amide bonds. The molecular formula is C26H24N2O6. The van der Waals surface area contributed by atoms with Crippen LogP contribution < -0.4 is 0 Å². The van der Waals surface area contributed by atoms with E-state index in [4.69, 9.17) is 5.11 Å². The van der Waals surface area contributed by atoms with Crippen LogP contribution in [0.1, 0.15) is 57.9 Å². The second kappa shape index (κ2) is 9.82. The number of benzene rings is 2. The Hall–Kier alpha value is -4.07. The Morgan fingerprint density at radius 2 is 1.53 bits per heavy atom. The maximum atomic E-state index is 13.0. The Labute approximate surface area is 196 Å². The van der Waals surface area contributed by atoms with Gasteiger partial charge in [0.05, 0.1) is 22.4 Å². The number of rotatable bonds is 7. The number of aliphatic carboxylic acids is 1. The lowest BCUT2D eigenvalue weighted by molar-refractivity contribution is -0.135. The summed E-state index contributed by atoms with van der Waals surface area (Å²) in [5.74, 6) is -2.55. The fourth-order valence-electron chi connectivity index (χ4n) is 4.46. The van der Waals surface area contributed by atoms with E-state index in [1.165, 1.54) is 0 Å². The van der Waals surface area contributed by atoms with Gasteiger partial charge in [0.25, 0.3) is 11.8 Å². The minimum atomic E-state index is -1.13. The molecule has 1 saturated carbocycles. The Morgan fingerprint density at radius 1 is 0.912 bits per heavy atom. The first-order valence-electron chi connectivity index (χ1n) is 11.1. The molecule has 1 fully saturated rings. The van der Waals surface area contributed by atoms with Crippen LogP contribution in [-0.4, -0.2) is 57.5 Å². The van der Waals surface area contributed by atoms with Crippen molar-refractivity contribution in [1.82, 2.24) is 4.90 Å². The third-order valence-electron chi connectivity index (χ3n) is 6.08. The number of aliphatic hydroxyl groups is 1. The predicted molar refractivity (Wildman–Crippen MR) is 124 cm³/mol. The number of imide groups is 1. The fourth-order valence-corrected chi connectivity index (χ4v) is 4.46. The Balaban J connectivity index is 1.49. The Kier molecular flexibility index (Phi) is 6.67. The summed E-state index contributed by atoms with van der Waals surface area (Å²) in [4.78, 5) is 54.3. The summed E-state index contributed by atoms with van der Waals surface area (Å²) >= 11 is 0. The summed E-state index contributed by atoms with van der Waals surface area (Å²) in [6.07, 6.45) is 0.813. The van der Waals surface area contributed by atoms with E-state index >= 15 is 0 Å². The highest BCUT2D eigenvalue weighted by atomic mass is 16.4. The number of nitrogens with zero attached hydrogens (tertiary/aromatic N) is 2. The van der Waals surface area contributed by atoms with E-state index in [-0.39, 0.29) is 66.4 Å². The molecule has 2 aliphatic rings. The summed E-state index contributed by atoms with van der Waals surface area (Å²) in [6.45, 7) is -0.415. The van der Waals surface area contributed by atoms with Crippen LogP contribution in [0.15, 0.2) is 70.9 Å². The maximum Gasteiger partial charge on any atom is 0.325 e. The van der Waals surface area contributed by atoms with Crippen molar-refractivity contribution in [3.63, 3.8) is 0 Å². The first kappa shape index (κ1) is 23.1. The van der Waals surface area contributed by atoms with E-state index in [1.54, 1.807) is 24.3 Å². The monoisotopic (exact) mass is 460 g/mol. The lowest BCUT2D eigenvalue weighted by atomic mass is 9.78. The van der Waals surface area contributed by atoms with Gasteiger partial charge in [0.1, 0.15) is 12.3 Å². The molecular weight excluding hydrogens is 436 g/mol. The molecule has 1 heterocycles. The van der Waals surface area contributed by atoms with Crippen LogP contribution in [0.25, 0.3) is 0 Å². The summed E-state index contributed by atoms with van der Waals surface area (Å²) in [5, 5.41) is 19.8. The number of carboxylic acids is 1. The normalized spacial score (nSPS) is 20.6. The minimum Gasteiger partial charge on any atom is -0.511 e. The SMILES string of the molecule is O=C(O)CN=C1CC(c2ccccc2)CC(=O)C1=C(O)CCCN1C(=O)c2ccccc2C1=O. The summed E-state index contributed by atoms with van der Waals surface area (Å²) < 4.78 is 0. The van der Waals surface area contributed by atoms with Crippen molar-refractivity contribution >= 4 is 29.3 Å². The molecule has 0 spiro atoms. The number of Topliss-reactive ketones (excluding diaryl/α,β-unsaturated/α-hetero) is 1. The predicted octanol–water partition coefficient (Wildman–Crippen LogP) is 3.55. The van der Waals surface area contributed by atoms with Crippen LogP contribution in [0.2, 0.25) is 0 Å². The van der Waals surface area contributed by atoms with Crippen molar-refractivity contribution < 1.29 is 29.4 Å². The fraction of sp³-hybridized carbons (Fsp3) is 0.269. The minimum absolute atomic E-state index is 0.0517. The first-order valence-corrected chi connectivity index (χ1v) is 11.1. The molecule has 2 aromatic carbocycles. The van der Waals surface area contributed by atoms with Crippen molar-refractivity contribution in [2.24, 2.45) is 4.99 Å². The zero-order valence-electron chi connectivity index (χ0n) is 18.4. The third kappa shape index (κ3) is 4.66. The number of carboxylic acid groups (broad SMARTS) is 1. The average Bonchev–Trinajstić information content (AvgIpc) is 3.08. The van der Waals surface area contributed by atoms with Gasteiger partial charge in [0, 0.05) is 19.4 Å². The van der Waals surface area contributed by atoms with Gasteiger partial charge in [-0.3, -0.25) is 29.1 Å². The van der Waals surface area contributed by atoms with E-state index < -0.39 is 12.5 Å². The third-order valence-corrected chi connectivity index (χ3v) is 6.08. The van der Waals surface area contributed by atoms with Gasteiger partial charge in [-0.1, -0.05) is 42.5 Å². The van der Waals surface area contributed by atoms with Gasteiger partial charge in [-0.25, -0.2) is 0 Å². The Morgan fingerprint density at radius 3 is 2.15 bits per heavy atom. The second-order valence-electron chi connectivity index (χ2n) is 8.33. The standard InChI is InChI=1S/C26H24N2O6/c29-21(11-6-12-28-25(33)18-9-4-5-10-19(18)26(28)34)24-20(27-15-23(31)32)13-17(14-22(24)30)16-7-2-1-3-8-16/h1-5,7-10,17,29H,6,11-15H2,(H,31,32). The van der Waals surface area contributed by atoms with Gasteiger partial charge >= 0.3 is 5.97 Å². The van der Waals surface area contributed by atoms with Crippen LogP contribution in [0.3, 0.4) is 0 Å². The molecule has 174 valence electrons. The quantitative estimate of drug-likeness (QED) is 0.370. The van der Waals surface area contributed by atoms with Crippen LogP contribution in [0.5, 0.6) is 0 Å². The molecule has 0 saturated heterocycles. The smallest absolute Gasteiger partial charge is 0.325 e. The molecule has 1 aliphatic heterocycles. The van der Waals surface area contributed by atoms with E-state index in [0.717, 1.165) is 10.5 Å². The molecule has 1 atom stereocenters. The zero-order valence-corrected chi connectivity index (χ0v) is 18.4. The number of ketones is 1. The highest BCUT2D eigenvalue weighted by molar-refractivity contribution is 6.25. The molecule has 1 aliphatic carbocycles. The largest absolute Gasteiger partial charge is 0.511 e. The number of amides is 2. The number of allylic oxidation sites excluding steroid dienone is 2. The van der Waals surface area contributed by atoms with E-state index in [0.29, 0.717) is 17.5 Å². The van der Waals surface area contributed by atoms with Gasteiger partial charge in [0.15, 0.2) is 5.78 Å². The van der Waals surface area contributed by atoms with Gasteiger partial charge in [0.2, 0.25) is 0 Å². The zero-order chi connectivity index (χ0) is 24.2. The highest BCUT2D eigenvalue weighted by Gasteiger charge is 2.35. The van der Waals surface area contributed by atoms with Crippen LogP contribution in [-0.2, 0) is 9.59 Å².